The molecule has 0 unspecified atom stereocenters. The van der Waals surface area contributed by atoms with E-state index >= 15 is 0 Å². The molecular weight excluding hydrogens is 419 g/mol. The number of anilines is 3. The maximum atomic E-state index is 13.3. The van der Waals surface area contributed by atoms with Crippen molar-refractivity contribution in [1.29, 1.82) is 0 Å². The summed E-state index contributed by atoms with van der Waals surface area (Å²) in [5.41, 5.74) is 8.72. The number of nitrogens with zero attached hydrogens (tertiary/aromatic N) is 3. The Morgan fingerprint density at radius 2 is 1.94 bits per heavy atom. The van der Waals surface area contributed by atoms with E-state index in [1.807, 2.05) is 6.92 Å². The molecule has 1 aromatic heterocycles. The van der Waals surface area contributed by atoms with Gasteiger partial charge in [-0.05, 0) is 61.7 Å². The van der Waals surface area contributed by atoms with Gasteiger partial charge in [0.1, 0.15) is 11.6 Å². The van der Waals surface area contributed by atoms with Crippen LogP contribution in [0.25, 0.3) is 10.9 Å². The highest BCUT2D eigenvalue weighted by Crippen LogP contribution is 2.38. The lowest BCUT2D eigenvalue weighted by atomic mass is 10.0. The van der Waals surface area contributed by atoms with Gasteiger partial charge in [0.05, 0.1) is 36.4 Å². The number of fused-ring (bicyclic) bond motifs is 2. The average molecular weight is 443 g/mol. The maximum Gasteiger partial charge on any atom is 0.416 e. The number of nitrogens with one attached hydrogen (secondary N) is 1. The molecule has 32 heavy (non-hydrogen) atoms. The fourth-order valence-electron chi connectivity index (χ4n) is 4.42. The monoisotopic (exact) mass is 443 g/mol. The van der Waals surface area contributed by atoms with Crippen molar-refractivity contribution in [1.82, 2.24) is 9.97 Å². The standard InChI is InChI=1S/C23H24F3N5O/c1-12(15-5-16(23(24,25)26)8-17(27)6-15)28-22-19-9-21-14(7-20(19)29-13(2)30-22)3-4-31(21)18-10-32-11-18/h5-9,12,18H,3-4,10-11,27H2,1-2H3,(H,28,29,30)/t12-/m1/s1. The van der Waals surface area contributed by atoms with E-state index < -0.39 is 17.8 Å². The molecule has 3 heterocycles. The van der Waals surface area contributed by atoms with Gasteiger partial charge >= 0.3 is 6.18 Å². The summed E-state index contributed by atoms with van der Waals surface area (Å²) < 4.78 is 45.1. The van der Waals surface area contributed by atoms with Crippen molar-refractivity contribution >= 4 is 28.1 Å². The van der Waals surface area contributed by atoms with Crippen molar-refractivity contribution in [3.05, 3.63) is 52.8 Å². The molecule has 2 aromatic carbocycles. The maximum absolute atomic E-state index is 13.3. The van der Waals surface area contributed by atoms with Gasteiger partial charge < -0.3 is 20.7 Å². The number of nitrogens with two attached hydrogens (primary N) is 1. The molecule has 9 heteroatoms. The van der Waals surface area contributed by atoms with E-state index in [2.05, 4.69) is 32.3 Å². The van der Waals surface area contributed by atoms with Crippen LogP contribution in [0.3, 0.4) is 0 Å². The lowest BCUT2D eigenvalue weighted by Gasteiger charge is -2.36. The van der Waals surface area contributed by atoms with Crippen LogP contribution in [-0.4, -0.2) is 35.8 Å². The highest BCUT2D eigenvalue weighted by atomic mass is 19.4. The van der Waals surface area contributed by atoms with Gasteiger partial charge in [-0.25, -0.2) is 9.97 Å². The van der Waals surface area contributed by atoms with Crippen molar-refractivity contribution < 1.29 is 17.9 Å². The van der Waals surface area contributed by atoms with Crippen LogP contribution in [0.1, 0.15) is 35.5 Å². The molecule has 3 N–H and O–H groups in total. The van der Waals surface area contributed by atoms with Gasteiger partial charge in [0.25, 0.3) is 0 Å². The summed E-state index contributed by atoms with van der Waals surface area (Å²) in [5.74, 6) is 1.19. The Kier molecular flexibility index (Phi) is 4.88. The smallest absolute Gasteiger partial charge is 0.399 e. The first kappa shape index (κ1) is 20.8. The Morgan fingerprint density at radius 3 is 2.62 bits per heavy atom. The fourth-order valence-corrected chi connectivity index (χ4v) is 4.42. The van der Waals surface area contributed by atoms with Crippen LogP contribution in [0.2, 0.25) is 0 Å². The number of aromatic nitrogens is 2. The molecule has 1 atom stereocenters. The minimum atomic E-state index is -4.46. The molecular formula is C23H24F3N5O. The van der Waals surface area contributed by atoms with Crippen LogP contribution in [0.5, 0.6) is 0 Å². The molecule has 5 rings (SSSR count). The van der Waals surface area contributed by atoms with Crippen molar-refractivity contribution in [2.45, 2.75) is 38.5 Å². The average Bonchev–Trinajstić information content (AvgIpc) is 3.06. The number of hydrogen-bond donors (Lipinski definition) is 2. The lowest BCUT2D eigenvalue weighted by Crippen LogP contribution is -2.48. The van der Waals surface area contributed by atoms with E-state index in [9.17, 15) is 13.2 Å². The van der Waals surface area contributed by atoms with Gasteiger partial charge in [0.15, 0.2) is 0 Å². The quantitative estimate of drug-likeness (QED) is 0.580. The predicted molar refractivity (Wildman–Crippen MR) is 118 cm³/mol. The molecule has 0 amide bonds. The normalized spacial score (nSPS) is 17.3. The molecule has 6 nitrogen and oxygen atoms in total. The number of hydrogen-bond acceptors (Lipinski definition) is 6. The largest absolute Gasteiger partial charge is 0.416 e. The third-order valence-corrected chi connectivity index (χ3v) is 6.16. The van der Waals surface area contributed by atoms with Crippen molar-refractivity contribution in [3.63, 3.8) is 0 Å². The highest BCUT2D eigenvalue weighted by molar-refractivity contribution is 5.93. The minimum Gasteiger partial charge on any atom is -0.399 e. The number of ether oxygens (including phenoxy) is 1. The van der Waals surface area contributed by atoms with Crippen LogP contribution in [0.15, 0.2) is 30.3 Å². The molecule has 3 aromatic rings. The highest BCUT2D eigenvalue weighted by Gasteiger charge is 2.33. The topological polar surface area (TPSA) is 76.3 Å². The molecule has 0 aliphatic carbocycles. The van der Waals surface area contributed by atoms with E-state index in [0.717, 1.165) is 54.9 Å². The number of benzene rings is 2. The Labute approximate surface area is 183 Å². The molecule has 0 radical (unpaired) electrons. The molecule has 2 aliphatic rings. The third kappa shape index (κ3) is 3.70. The second-order valence-electron chi connectivity index (χ2n) is 8.50. The van der Waals surface area contributed by atoms with Gasteiger partial charge in [-0.1, -0.05) is 0 Å². The van der Waals surface area contributed by atoms with Gasteiger partial charge in [-0.3, -0.25) is 0 Å². The Balaban J connectivity index is 1.52. The first-order chi connectivity index (χ1) is 15.2. The fraction of sp³-hybridized carbons (Fsp3) is 0.391. The summed E-state index contributed by atoms with van der Waals surface area (Å²) in [7, 11) is 0. The zero-order chi connectivity index (χ0) is 22.6. The molecule has 0 bridgehead atoms. The molecule has 168 valence electrons. The van der Waals surface area contributed by atoms with Gasteiger partial charge in [-0.2, -0.15) is 13.2 Å². The number of nitrogen functional groups attached to an aromatic ring is 1. The molecule has 1 fully saturated rings. The van der Waals surface area contributed by atoms with Crippen LogP contribution < -0.4 is 16.0 Å². The van der Waals surface area contributed by atoms with Crippen molar-refractivity contribution in [2.24, 2.45) is 0 Å². The Bertz CT molecular complexity index is 1190. The summed E-state index contributed by atoms with van der Waals surface area (Å²) in [5, 5.41) is 4.13. The van der Waals surface area contributed by atoms with Crippen LogP contribution in [0, 0.1) is 6.92 Å². The van der Waals surface area contributed by atoms with E-state index in [4.69, 9.17) is 10.5 Å². The van der Waals surface area contributed by atoms with E-state index in [-0.39, 0.29) is 5.69 Å². The second-order valence-corrected chi connectivity index (χ2v) is 8.50. The first-order valence-electron chi connectivity index (χ1n) is 10.6. The van der Waals surface area contributed by atoms with Crippen LogP contribution in [-0.2, 0) is 17.3 Å². The van der Waals surface area contributed by atoms with Crippen LogP contribution >= 0.6 is 0 Å². The lowest BCUT2D eigenvalue weighted by molar-refractivity contribution is -0.137. The number of rotatable bonds is 4. The zero-order valence-electron chi connectivity index (χ0n) is 17.8. The minimum absolute atomic E-state index is 0.0726. The number of alkyl halides is 3. The summed E-state index contributed by atoms with van der Waals surface area (Å²) in [6.07, 6.45) is -3.51. The number of halogens is 3. The number of aryl methyl sites for hydroxylation is 1. The predicted octanol–water partition coefficient (Wildman–Crippen LogP) is 4.47. The molecule has 2 aliphatic heterocycles. The summed E-state index contributed by atoms with van der Waals surface area (Å²) in [6.45, 7) is 5.99. The van der Waals surface area contributed by atoms with Crippen molar-refractivity contribution in [2.75, 3.05) is 35.7 Å². The van der Waals surface area contributed by atoms with E-state index in [0.29, 0.717) is 23.2 Å². The molecule has 0 saturated carbocycles. The van der Waals surface area contributed by atoms with Gasteiger partial charge in [0.2, 0.25) is 0 Å². The summed E-state index contributed by atoms with van der Waals surface area (Å²) >= 11 is 0. The van der Waals surface area contributed by atoms with E-state index in [1.54, 1.807) is 13.0 Å². The second kappa shape index (κ2) is 7.51. The zero-order valence-corrected chi connectivity index (χ0v) is 17.8. The molecule has 0 spiro atoms. The molecule has 1 saturated heterocycles. The van der Waals surface area contributed by atoms with Crippen molar-refractivity contribution in [3.8, 4) is 0 Å². The van der Waals surface area contributed by atoms with Crippen LogP contribution in [0.4, 0.5) is 30.4 Å². The third-order valence-electron chi connectivity index (χ3n) is 6.16. The first-order valence-corrected chi connectivity index (χ1v) is 10.6. The summed E-state index contributed by atoms with van der Waals surface area (Å²) in [6, 6.07) is 7.74. The van der Waals surface area contributed by atoms with Gasteiger partial charge in [-0.15, -0.1) is 0 Å². The Hall–Kier alpha value is -3.07. The van der Waals surface area contributed by atoms with E-state index in [1.165, 1.54) is 5.56 Å². The SMILES string of the molecule is Cc1nc(N[C@H](C)c2cc(N)cc(C(F)(F)F)c2)c2cc3c(cc2n1)CCN3C1COC1. The summed E-state index contributed by atoms with van der Waals surface area (Å²) in [4.78, 5) is 11.5. The van der Waals surface area contributed by atoms with Gasteiger partial charge in [0, 0.05) is 23.3 Å². The Morgan fingerprint density at radius 1 is 1.16 bits per heavy atom.